The lowest BCUT2D eigenvalue weighted by atomic mass is 10.0. The van der Waals surface area contributed by atoms with E-state index in [2.05, 4.69) is 16.0 Å². The number of carbonyl (C=O) groups is 4. The Labute approximate surface area is 227 Å². The van der Waals surface area contributed by atoms with Gasteiger partial charge >= 0.3 is 5.97 Å². The molecule has 0 saturated heterocycles. The molecule has 0 aliphatic heterocycles. The van der Waals surface area contributed by atoms with Crippen molar-refractivity contribution in [3.63, 3.8) is 0 Å². The molecule has 0 aliphatic rings. The van der Waals surface area contributed by atoms with Gasteiger partial charge < -0.3 is 31.5 Å². The Balaban J connectivity index is 2.07. The lowest BCUT2D eigenvalue weighted by Gasteiger charge is -2.24. The van der Waals surface area contributed by atoms with E-state index in [0.717, 1.165) is 11.1 Å². The molecule has 2 rings (SSSR count). The molecule has 0 aromatic heterocycles. The van der Waals surface area contributed by atoms with E-state index in [1.54, 1.807) is 12.1 Å². The summed E-state index contributed by atoms with van der Waals surface area (Å²) in [4.78, 5) is 51.0. The number of thioether (sulfide) groups is 1. The van der Waals surface area contributed by atoms with Crippen molar-refractivity contribution in [2.24, 2.45) is 5.73 Å². The zero-order chi connectivity index (χ0) is 28.1. The maximum Gasteiger partial charge on any atom is 0.328 e. The molecule has 3 amide bonds. The van der Waals surface area contributed by atoms with E-state index in [-0.39, 0.29) is 18.6 Å². The van der Waals surface area contributed by atoms with Crippen LogP contribution in [0.3, 0.4) is 0 Å². The van der Waals surface area contributed by atoms with Crippen molar-refractivity contribution >= 4 is 35.5 Å². The number of carbonyl (C=O) groups excluding carboxylic acids is 4. The van der Waals surface area contributed by atoms with Crippen molar-refractivity contribution < 1.29 is 29.0 Å². The SMILES string of the molecule is COC(=O)[C@H](CCSC)NC(=O)[C@H](Cc1ccccc1)NC(=O)[C@@H](C)NC(=O)[C@@H](N)Cc1ccc(O)cc1. The standard InChI is InChI=1S/C27H36N4O6S/c1-17(29-25(34)21(28)15-19-9-11-20(32)12-10-19)24(33)31-23(16-18-7-5-4-6-8-18)26(35)30-22(13-14-38-3)27(36)37-2/h4-12,17,21-23,32H,13-16,28H2,1-3H3,(H,29,34)(H,30,35)(H,31,33)/t17-,21+,22+,23+/m1/s1. The summed E-state index contributed by atoms with van der Waals surface area (Å²) in [6.45, 7) is 1.49. The van der Waals surface area contributed by atoms with Crippen molar-refractivity contribution in [2.45, 2.75) is 50.4 Å². The van der Waals surface area contributed by atoms with E-state index in [1.165, 1.54) is 37.9 Å². The Hall–Kier alpha value is -3.57. The van der Waals surface area contributed by atoms with Crippen molar-refractivity contribution in [1.82, 2.24) is 16.0 Å². The molecular weight excluding hydrogens is 508 g/mol. The van der Waals surface area contributed by atoms with Crippen molar-refractivity contribution in [2.75, 3.05) is 19.1 Å². The fraction of sp³-hybridized carbons (Fsp3) is 0.407. The second-order valence-corrected chi connectivity index (χ2v) is 9.81. The minimum Gasteiger partial charge on any atom is -0.508 e. The molecule has 4 atom stereocenters. The average molecular weight is 545 g/mol. The number of ether oxygens (including phenoxy) is 1. The van der Waals surface area contributed by atoms with E-state index in [4.69, 9.17) is 10.5 Å². The summed E-state index contributed by atoms with van der Waals surface area (Å²) < 4.78 is 4.82. The molecule has 0 fully saturated rings. The summed E-state index contributed by atoms with van der Waals surface area (Å²) in [5, 5.41) is 17.4. The van der Waals surface area contributed by atoms with Gasteiger partial charge in [-0.15, -0.1) is 0 Å². The molecule has 2 aromatic rings. The van der Waals surface area contributed by atoms with Crippen molar-refractivity contribution in [1.29, 1.82) is 0 Å². The number of hydrogen-bond donors (Lipinski definition) is 5. The van der Waals surface area contributed by atoms with Crippen LogP contribution in [-0.4, -0.2) is 72.1 Å². The monoisotopic (exact) mass is 544 g/mol. The first kappa shape index (κ1) is 30.7. The summed E-state index contributed by atoms with van der Waals surface area (Å²) in [7, 11) is 1.25. The third-order valence-corrected chi connectivity index (χ3v) is 6.45. The van der Waals surface area contributed by atoms with Gasteiger partial charge in [0.05, 0.1) is 13.2 Å². The van der Waals surface area contributed by atoms with E-state index in [0.29, 0.717) is 12.2 Å². The summed E-state index contributed by atoms with van der Waals surface area (Å²) in [5.74, 6) is -1.49. The van der Waals surface area contributed by atoms with E-state index >= 15 is 0 Å². The third kappa shape index (κ3) is 10.1. The van der Waals surface area contributed by atoms with Crippen LogP contribution < -0.4 is 21.7 Å². The smallest absolute Gasteiger partial charge is 0.328 e. The number of phenols is 1. The number of amides is 3. The highest BCUT2D eigenvalue weighted by Crippen LogP contribution is 2.11. The van der Waals surface area contributed by atoms with Gasteiger partial charge in [0.2, 0.25) is 17.7 Å². The lowest BCUT2D eigenvalue weighted by molar-refractivity contribution is -0.145. The number of esters is 1. The van der Waals surface area contributed by atoms with E-state index in [1.807, 2.05) is 36.6 Å². The second kappa shape index (κ2) is 15.6. The van der Waals surface area contributed by atoms with Gasteiger partial charge in [0.1, 0.15) is 23.9 Å². The molecular formula is C27H36N4O6S. The van der Waals surface area contributed by atoms with Gasteiger partial charge in [0.25, 0.3) is 0 Å². The summed E-state index contributed by atoms with van der Waals surface area (Å²) in [6.07, 6.45) is 2.65. The van der Waals surface area contributed by atoms with Crippen LogP contribution in [0.2, 0.25) is 0 Å². The first-order valence-corrected chi connectivity index (χ1v) is 13.6. The molecule has 11 heteroatoms. The van der Waals surface area contributed by atoms with Crippen LogP contribution in [-0.2, 0) is 36.8 Å². The topological polar surface area (TPSA) is 160 Å². The van der Waals surface area contributed by atoms with E-state index < -0.39 is 47.9 Å². The predicted molar refractivity (Wildman–Crippen MR) is 146 cm³/mol. The number of nitrogens with two attached hydrogens (primary N) is 1. The Morgan fingerprint density at radius 1 is 0.868 bits per heavy atom. The number of aromatic hydroxyl groups is 1. The quantitative estimate of drug-likeness (QED) is 0.219. The van der Waals surface area contributed by atoms with Gasteiger partial charge in [0, 0.05) is 6.42 Å². The molecule has 10 nitrogen and oxygen atoms in total. The van der Waals surface area contributed by atoms with E-state index in [9.17, 15) is 24.3 Å². The fourth-order valence-corrected chi connectivity index (χ4v) is 4.09. The minimum absolute atomic E-state index is 0.105. The highest BCUT2D eigenvalue weighted by atomic mass is 32.2. The van der Waals surface area contributed by atoms with Crippen LogP contribution >= 0.6 is 11.8 Å². The molecule has 38 heavy (non-hydrogen) atoms. The lowest BCUT2D eigenvalue weighted by Crippen LogP contribution is -2.57. The van der Waals surface area contributed by atoms with Crippen LogP contribution in [0.4, 0.5) is 0 Å². The van der Waals surface area contributed by atoms with Gasteiger partial charge in [-0.2, -0.15) is 11.8 Å². The van der Waals surface area contributed by atoms with Gasteiger partial charge in [0.15, 0.2) is 0 Å². The average Bonchev–Trinajstić information content (AvgIpc) is 2.91. The molecule has 2 aromatic carbocycles. The Bertz CT molecular complexity index is 1070. The predicted octanol–water partition coefficient (Wildman–Crippen LogP) is 0.905. The molecule has 0 spiro atoms. The third-order valence-electron chi connectivity index (χ3n) is 5.81. The highest BCUT2D eigenvalue weighted by molar-refractivity contribution is 7.98. The number of benzene rings is 2. The first-order chi connectivity index (χ1) is 18.1. The van der Waals surface area contributed by atoms with Crippen LogP contribution in [0.15, 0.2) is 54.6 Å². The van der Waals surface area contributed by atoms with Crippen LogP contribution in [0.5, 0.6) is 5.75 Å². The molecule has 0 saturated carbocycles. The molecule has 0 aliphatic carbocycles. The van der Waals surface area contributed by atoms with Crippen LogP contribution in [0.1, 0.15) is 24.5 Å². The Morgan fingerprint density at radius 3 is 2.08 bits per heavy atom. The molecule has 0 unspecified atom stereocenters. The second-order valence-electron chi connectivity index (χ2n) is 8.82. The number of hydrogen-bond acceptors (Lipinski definition) is 8. The maximum atomic E-state index is 13.2. The number of phenolic OH excluding ortho intramolecular Hbond substituents is 1. The summed E-state index contributed by atoms with van der Waals surface area (Å²) >= 11 is 1.53. The number of rotatable bonds is 14. The van der Waals surface area contributed by atoms with Crippen LogP contribution in [0, 0.1) is 0 Å². The minimum atomic E-state index is -1.00. The molecule has 0 heterocycles. The van der Waals surface area contributed by atoms with Gasteiger partial charge in [-0.3, -0.25) is 14.4 Å². The van der Waals surface area contributed by atoms with Gasteiger partial charge in [-0.1, -0.05) is 42.5 Å². The molecule has 0 bridgehead atoms. The fourth-order valence-electron chi connectivity index (χ4n) is 3.62. The summed E-state index contributed by atoms with van der Waals surface area (Å²) in [5.41, 5.74) is 7.57. The molecule has 6 N–H and O–H groups in total. The number of nitrogens with one attached hydrogen (secondary N) is 3. The zero-order valence-electron chi connectivity index (χ0n) is 21.8. The van der Waals surface area contributed by atoms with Crippen molar-refractivity contribution in [3.05, 3.63) is 65.7 Å². The summed E-state index contributed by atoms with van der Waals surface area (Å²) in [6, 6.07) is 11.7. The Kier molecular flexibility index (Phi) is 12.6. The maximum absolute atomic E-state index is 13.2. The van der Waals surface area contributed by atoms with Gasteiger partial charge in [-0.25, -0.2) is 4.79 Å². The Morgan fingerprint density at radius 2 is 1.47 bits per heavy atom. The largest absolute Gasteiger partial charge is 0.508 e. The molecule has 0 radical (unpaired) electrons. The first-order valence-electron chi connectivity index (χ1n) is 12.2. The van der Waals surface area contributed by atoms with Crippen molar-refractivity contribution in [3.8, 4) is 5.75 Å². The zero-order valence-corrected chi connectivity index (χ0v) is 22.6. The van der Waals surface area contributed by atoms with Crippen LogP contribution in [0.25, 0.3) is 0 Å². The highest BCUT2D eigenvalue weighted by Gasteiger charge is 2.29. The van der Waals surface area contributed by atoms with Gasteiger partial charge in [-0.05, 0) is 55.0 Å². The molecule has 206 valence electrons. The number of methoxy groups -OCH3 is 1. The normalized spacial score (nSPS) is 13.9.